The second-order valence-corrected chi connectivity index (χ2v) is 7.09. The first kappa shape index (κ1) is 21.5. The van der Waals surface area contributed by atoms with Crippen molar-refractivity contribution in [2.45, 2.75) is 6.92 Å². The maximum absolute atomic E-state index is 12.6. The molecule has 0 aliphatic rings. The van der Waals surface area contributed by atoms with E-state index in [0.717, 1.165) is 5.56 Å². The SMILES string of the molecule is Cc1ccc(C(=O)NC(=Cc2ccc(-c3cccc([N+](=O)[O-])c3)o2)C(=O)N(C)C)cc1. The second kappa shape index (κ2) is 9.08. The molecule has 2 aromatic carbocycles. The van der Waals surface area contributed by atoms with Crippen LogP contribution in [-0.4, -0.2) is 35.7 Å². The Balaban J connectivity index is 1.90. The van der Waals surface area contributed by atoms with Crippen LogP contribution in [0.3, 0.4) is 0 Å². The number of nitro groups is 1. The summed E-state index contributed by atoms with van der Waals surface area (Å²) in [5, 5.41) is 13.6. The molecular weight excluding hydrogens is 398 g/mol. The highest BCUT2D eigenvalue weighted by Gasteiger charge is 2.17. The number of aryl methyl sites for hydroxylation is 1. The van der Waals surface area contributed by atoms with Crippen LogP contribution < -0.4 is 5.32 Å². The highest BCUT2D eigenvalue weighted by molar-refractivity contribution is 6.05. The van der Waals surface area contributed by atoms with E-state index >= 15 is 0 Å². The molecule has 1 aromatic heterocycles. The highest BCUT2D eigenvalue weighted by Crippen LogP contribution is 2.26. The zero-order valence-corrected chi connectivity index (χ0v) is 17.3. The monoisotopic (exact) mass is 419 g/mol. The molecule has 0 saturated carbocycles. The first-order chi connectivity index (χ1) is 14.7. The van der Waals surface area contributed by atoms with E-state index in [0.29, 0.717) is 22.6 Å². The van der Waals surface area contributed by atoms with Gasteiger partial charge in [-0.3, -0.25) is 19.7 Å². The minimum Gasteiger partial charge on any atom is -0.457 e. The van der Waals surface area contributed by atoms with Gasteiger partial charge in [-0.25, -0.2) is 0 Å². The molecule has 0 saturated heterocycles. The van der Waals surface area contributed by atoms with E-state index in [4.69, 9.17) is 4.42 Å². The van der Waals surface area contributed by atoms with E-state index in [2.05, 4.69) is 5.32 Å². The quantitative estimate of drug-likeness (QED) is 0.369. The lowest BCUT2D eigenvalue weighted by atomic mass is 10.1. The van der Waals surface area contributed by atoms with Crippen molar-refractivity contribution < 1.29 is 18.9 Å². The molecule has 0 aliphatic carbocycles. The Morgan fingerprint density at radius 2 is 1.77 bits per heavy atom. The summed E-state index contributed by atoms with van der Waals surface area (Å²) in [6, 6.07) is 16.3. The van der Waals surface area contributed by atoms with Crippen molar-refractivity contribution in [1.82, 2.24) is 10.2 Å². The predicted octanol–water partition coefficient (Wildman–Crippen LogP) is 4.02. The fraction of sp³-hybridized carbons (Fsp3) is 0.130. The third-order valence-electron chi connectivity index (χ3n) is 4.45. The molecular formula is C23H21N3O5. The number of likely N-dealkylation sites (N-methyl/N-ethyl adjacent to an activating group) is 1. The minimum absolute atomic E-state index is 0.0375. The highest BCUT2D eigenvalue weighted by atomic mass is 16.6. The molecule has 1 N–H and O–H groups in total. The average molecular weight is 419 g/mol. The van der Waals surface area contributed by atoms with Gasteiger partial charge in [0.2, 0.25) is 0 Å². The molecule has 0 spiro atoms. The van der Waals surface area contributed by atoms with Crippen LogP contribution in [0.5, 0.6) is 0 Å². The van der Waals surface area contributed by atoms with Gasteiger partial charge in [-0.15, -0.1) is 0 Å². The number of hydrogen-bond donors (Lipinski definition) is 1. The Labute approximate surface area is 178 Å². The molecule has 0 radical (unpaired) electrons. The predicted molar refractivity (Wildman–Crippen MR) is 116 cm³/mol. The summed E-state index contributed by atoms with van der Waals surface area (Å²) in [5.74, 6) is -0.118. The third kappa shape index (κ3) is 5.24. The summed E-state index contributed by atoms with van der Waals surface area (Å²) in [6.45, 7) is 1.92. The Kier molecular flexibility index (Phi) is 6.30. The fourth-order valence-corrected chi connectivity index (χ4v) is 2.79. The van der Waals surface area contributed by atoms with Crippen molar-refractivity contribution in [2.24, 2.45) is 0 Å². The van der Waals surface area contributed by atoms with Crippen molar-refractivity contribution in [3.63, 3.8) is 0 Å². The van der Waals surface area contributed by atoms with Crippen molar-refractivity contribution >= 4 is 23.6 Å². The minimum atomic E-state index is -0.484. The van der Waals surface area contributed by atoms with E-state index in [-0.39, 0.29) is 11.4 Å². The number of nitro benzene ring substituents is 1. The number of amides is 2. The molecule has 158 valence electrons. The van der Waals surface area contributed by atoms with Crippen molar-refractivity contribution in [3.05, 3.63) is 93.4 Å². The largest absolute Gasteiger partial charge is 0.457 e. The number of hydrogen-bond acceptors (Lipinski definition) is 5. The average Bonchev–Trinajstić information content (AvgIpc) is 3.21. The lowest BCUT2D eigenvalue weighted by Gasteiger charge is -2.14. The van der Waals surface area contributed by atoms with Gasteiger partial charge in [-0.2, -0.15) is 0 Å². The maximum atomic E-state index is 12.6. The molecule has 2 amide bonds. The Morgan fingerprint density at radius 3 is 2.42 bits per heavy atom. The van der Waals surface area contributed by atoms with Crippen LogP contribution in [0.4, 0.5) is 5.69 Å². The van der Waals surface area contributed by atoms with E-state index in [1.807, 2.05) is 19.1 Å². The van der Waals surface area contributed by atoms with Crippen LogP contribution in [0.25, 0.3) is 17.4 Å². The van der Waals surface area contributed by atoms with E-state index in [1.165, 1.54) is 23.1 Å². The zero-order chi connectivity index (χ0) is 22.5. The Hall–Kier alpha value is -4.20. The van der Waals surface area contributed by atoms with Crippen molar-refractivity contribution in [1.29, 1.82) is 0 Å². The molecule has 0 unspecified atom stereocenters. The summed E-state index contributed by atoms with van der Waals surface area (Å²) in [7, 11) is 3.15. The van der Waals surface area contributed by atoms with Gasteiger partial charge in [0, 0.05) is 43.4 Å². The summed E-state index contributed by atoms with van der Waals surface area (Å²) >= 11 is 0. The second-order valence-electron chi connectivity index (χ2n) is 7.09. The number of carbonyl (C=O) groups excluding carboxylic acids is 2. The first-order valence-electron chi connectivity index (χ1n) is 9.40. The Morgan fingerprint density at radius 1 is 1.06 bits per heavy atom. The smallest absolute Gasteiger partial charge is 0.270 e. The molecule has 0 bridgehead atoms. The van der Waals surface area contributed by atoms with Crippen LogP contribution in [-0.2, 0) is 4.79 Å². The standard InChI is InChI=1S/C23H21N3O5/c1-15-7-9-16(10-8-15)22(27)24-20(23(28)25(2)3)14-19-11-12-21(31-19)17-5-4-6-18(13-17)26(29)30/h4-14H,1-3H3,(H,24,27). The van der Waals surface area contributed by atoms with Crippen LogP contribution in [0.15, 0.2) is 70.8 Å². The van der Waals surface area contributed by atoms with Gasteiger partial charge in [-0.05, 0) is 31.2 Å². The third-order valence-corrected chi connectivity index (χ3v) is 4.45. The van der Waals surface area contributed by atoms with Gasteiger partial charge in [0.15, 0.2) is 0 Å². The summed E-state index contributed by atoms with van der Waals surface area (Å²) < 4.78 is 5.75. The van der Waals surface area contributed by atoms with Crippen molar-refractivity contribution in [3.8, 4) is 11.3 Å². The summed E-state index contributed by atoms with van der Waals surface area (Å²) in [6.07, 6.45) is 1.43. The molecule has 31 heavy (non-hydrogen) atoms. The maximum Gasteiger partial charge on any atom is 0.270 e. The lowest BCUT2D eigenvalue weighted by molar-refractivity contribution is -0.384. The number of benzene rings is 2. The Bertz CT molecular complexity index is 1160. The van der Waals surface area contributed by atoms with Gasteiger partial charge in [-0.1, -0.05) is 29.8 Å². The van der Waals surface area contributed by atoms with Crippen molar-refractivity contribution in [2.75, 3.05) is 14.1 Å². The topological polar surface area (TPSA) is 106 Å². The number of furan rings is 1. The van der Waals surface area contributed by atoms with Crippen LogP contribution in [0.2, 0.25) is 0 Å². The van der Waals surface area contributed by atoms with Gasteiger partial charge in [0.1, 0.15) is 17.2 Å². The molecule has 0 fully saturated rings. The number of rotatable bonds is 6. The normalized spacial score (nSPS) is 11.1. The van der Waals surface area contributed by atoms with Gasteiger partial charge >= 0.3 is 0 Å². The summed E-state index contributed by atoms with van der Waals surface area (Å²) in [5.41, 5.74) is 1.94. The van der Waals surface area contributed by atoms with E-state index < -0.39 is 16.7 Å². The molecule has 8 heteroatoms. The molecule has 1 heterocycles. The number of non-ortho nitro benzene ring substituents is 1. The van der Waals surface area contributed by atoms with E-state index in [9.17, 15) is 19.7 Å². The van der Waals surface area contributed by atoms with Crippen LogP contribution in [0.1, 0.15) is 21.7 Å². The van der Waals surface area contributed by atoms with Gasteiger partial charge in [0.05, 0.1) is 4.92 Å². The van der Waals surface area contributed by atoms with Crippen LogP contribution >= 0.6 is 0 Å². The molecule has 0 atom stereocenters. The van der Waals surface area contributed by atoms with Gasteiger partial charge in [0.25, 0.3) is 17.5 Å². The summed E-state index contributed by atoms with van der Waals surface area (Å²) in [4.78, 5) is 37.0. The van der Waals surface area contributed by atoms with Crippen LogP contribution in [0, 0.1) is 17.0 Å². The molecule has 0 aliphatic heterocycles. The first-order valence-corrected chi connectivity index (χ1v) is 9.40. The number of nitrogens with zero attached hydrogens (tertiary/aromatic N) is 2. The fourth-order valence-electron chi connectivity index (χ4n) is 2.79. The number of carbonyl (C=O) groups is 2. The molecule has 3 aromatic rings. The zero-order valence-electron chi connectivity index (χ0n) is 17.3. The molecule has 8 nitrogen and oxygen atoms in total. The van der Waals surface area contributed by atoms with Gasteiger partial charge < -0.3 is 14.6 Å². The molecule has 3 rings (SSSR count). The number of nitrogens with one attached hydrogen (secondary N) is 1. The van der Waals surface area contributed by atoms with E-state index in [1.54, 1.807) is 50.5 Å². The lowest BCUT2D eigenvalue weighted by Crippen LogP contribution is -2.34.